The Morgan fingerprint density at radius 2 is 2.00 bits per heavy atom. The average Bonchev–Trinajstić information content (AvgIpc) is 2.88. The summed E-state index contributed by atoms with van der Waals surface area (Å²) in [6, 6.07) is 3.53. The standard InChI is InChI=1S/C13H14BrN3O3S/c1-15(12(19)9-4-5-10(14)21-9)6-8-7-16(2)13(20)17(3)11(8)18/h4-5,7H,6H2,1-3H3. The van der Waals surface area contributed by atoms with Crippen molar-refractivity contribution in [2.45, 2.75) is 6.54 Å². The van der Waals surface area contributed by atoms with Gasteiger partial charge in [0.1, 0.15) is 0 Å². The van der Waals surface area contributed by atoms with Gasteiger partial charge in [-0.05, 0) is 28.1 Å². The fourth-order valence-electron chi connectivity index (χ4n) is 1.94. The number of nitrogens with zero attached hydrogens (tertiary/aromatic N) is 3. The lowest BCUT2D eigenvalue weighted by Gasteiger charge is -2.16. The number of rotatable bonds is 3. The Labute approximate surface area is 133 Å². The van der Waals surface area contributed by atoms with E-state index in [2.05, 4.69) is 15.9 Å². The molecule has 0 bridgehead atoms. The van der Waals surface area contributed by atoms with Gasteiger partial charge < -0.3 is 9.47 Å². The average molecular weight is 372 g/mol. The summed E-state index contributed by atoms with van der Waals surface area (Å²) in [5, 5.41) is 0. The minimum atomic E-state index is -0.389. The molecule has 0 fully saturated rings. The summed E-state index contributed by atoms with van der Waals surface area (Å²) in [4.78, 5) is 38.0. The first kappa shape index (κ1) is 15.7. The molecule has 0 aliphatic heterocycles. The summed E-state index contributed by atoms with van der Waals surface area (Å²) in [6.45, 7) is 0.148. The fourth-order valence-corrected chi connectivity index (χ4v) is 3.32. The maximum absolute atomic E-state index is 12.2. The number of thiophene rings is 1. The second kappa shape index (κ2) is 5.98. The van der Waals surface area contributed by atoms with Gasteiger partial charge in [-0.2, -0.15) is 0 Å². The van der Waals surface area contributed by atoms with Crippen molar-refractivity contribution in [1.29, 1.82) is 0 Å². The van der Waals surface area contributed by atoms with Gasteiger partial charge in [-0.1, -0.05) is 0 Å². The van der Waals surface area contributed by atoms with E-state index in [0.717, 1.165) is 8.35 Å². The molecule has 0 atom stereocenters. The lowest BCUT2D eigenvalue weighted by molar-refractivity contribution is 0.0789. The second-order valence-electron chi connectivity index (χ2n) is 4.68. The van der Waals surface area contributed by atoms with Gasteiger partial charge in [0.15, 0.2) is 0 Å². The van der Waals surface area contributed by atoms with E-state index in [1.54, 1.807) is 26.2 Å². The van der Waals surface area contributed by atoms with Gasteiger partial charge in [0.2, 0.25) is 0 Å². The molecular weight excluding hydrogens is 358 g/mol. The van der Waals surface area contributed by atoms with E-state index in [1.165, 1.54) is 34.0 Å². The van der Waals surface area contributed by atoms with Crippen LogP contribution in [-0.2, 0) is 20.6 Å². The zero-order chi connectivity index (χ0) is 15.7. The molecule has 6 nitrogen and oxygen atoms in total. The van der Waals surface area contributed by atoms with E-state index in [-0.39, 0.29) is 23.7 Å². The van der Waals surface area contributed by atoms with E-state index in [1.807, 2.05) is 0 Å². The van der Waals surface area contributed by atoms with Gasteiger partial charge >= 0.3 is 5.69 Å². The van der Waals surface area contributed by atoms with Crippen molar-refractivity contribution in [3.63, 3.8) is 0 Å². The maximum atomic E-state index is 12.2. The van der Waals surface area contributed by atoms with Crippen LogP contribution in [0, 0.1) is 0 Å². The summed E-state index contributed by atoms with van der Waals surface area (Å²) < 4.78 is 3.24. The zero-order valence-electron chi connectivity index (χ0n) is 11.8. The van der Waals surface area contributed by atoms with E-state index in [0.29, 0.717) is 10.4 Å². The fraction of sp³-hybridized carbons (Fsp3) is 0.308. The lowest BCUT2D eigenvalue weighted by atomic mass is 10.3. The molecule has 0 saturated carbocycles. The van der Waals surface area contributed by atoms with Crippen molar-refractivity contribution in [2.24, 2.45) is 14.1 Å². The first-order valence-electron chi connectivity index (χ1n) is 6.07. The molecule has 2 heterocycles. The van der Waals surface area contributed by atoms with Gasteiger partial charge in [0.25, 0.3) is 11.5 Å². The largest absolute Gasteiger partial charge is 0.336 e. The molecule has 8 heteroatoms. The van der Waals surface area contributed by atoms with Crippen molar-refractivity contribution in [3.05, 3.63) is 53.4 Å². The summed E-state index contributed by atoms with van der Waals surface area (Å²) in [7, 11) is 4.62. The van der Waals surface area contributed by atoms with Crippen LogP contribution in [0.15, 0.2) is 31.7 Å². The van der Waals surface area contributed by atoms with E-state index in [9.17, 15) is 14.4 Å². The third kappa shape index (κ3) is 3.16. The Balaban J connectivity index is 2.28. The van der Waals surface area contributed by atoms with Gasteiger partial charge in [-0.15, -0.1) is 11.3 Å². The third-order valence-electron chi connectivity index (χ3n) is 3.06. The predicted molar refractivity (Wildman–Crippen MR) is 84.7 cm³/mol. The van der Waals surface area contributed by atoms with Crippen molar-refractivity contribution >= 4 is 33.2 Å². The highest BCUT2D eigenvalue weighted by Gasteiger charge is 2.16. The first-order chi connectivity index (χ1) is 9.81. The number of aromatic nitrogens is 2. The Bertz CT molecular complexity index is 806. The molecule has 0 aliphatic carbocycles. The Kier molecular flexibility index (Phi) is 4.48. The number of carbonyl (C=O) groups is 1. The van der Waals surface area contributed by atoms with Crippen molar-refractivity contribution < 1.29 is 4.79 Å². The molecule has 2 aromatic heterocycles. The van der Waals surface area contributed by atoms with E-state index in [4.69, 9.17) is 0 Å². The summed E-state index contributed by atoms with van der Waals surface area (Å²) in [5.41, 5.74) is -0.379. The molecule has 0 N–H and O–H groups in total. The summed E-state index contributed by atoms with van der Waals surface area (Å²) in [6.07, 6.45) is 1.47. The SMILES string of the molecule is CN(Cc1cn(C)c(=O)n(C)c1=O)C(=O)c1ccc(Br)s1. The number of aryl methyl sites for hydroxylation is 1. The van der Waals surface area contributed by atoms with Crippen molar-refractivity contribution in [1.82, 2.24) is 14.0 Å². The number of amides is 1. The molecule has 0 unspecified atom stereocenters. The van der Waals surface area contributed by atoms with Crippen LogP contribution < -0.4 is 11.2 Å². The van der Waals surface area contributed by atoms with Crippen LogP contribution in [0.5, 0.6) is 0 Å². The second-order valence-corrected chi connectivity index (χ2v) is 7.14. The highest BCUT2D eigenvalue weighted by atomic mass is 79.9. The summed E-state index contributed by atoms with van der Waals surface area (Å²) >= 11 is 4.65. The molecule has 0 aliphatic rings. The van der Waals surface area contributed by atoms with E-state index < -0.39 is 0 Å². The minimum Gasteiger partial charge on any atom is -0.336 e. The molecule has 2 aromatic rings. The highest BCUT2D eigenvalue weighted by Crippen LogP contribution is 2.23. The topological polar surface area (TPSA) is 64.3 Å². The van der Waals surface area contributed by atoms with Crippen LogP contribution in [-0.4, -0.2) is 27.0 Å². The molecule has 0 aromatic carbocycles. The van der Waals surface area contributed by atoms with E-state index >= 15 is 0 Å². The molecule has 2 rings (SSSR count). The number of halogens is 1. The maximum Gasteiger partial charge on any atom is 0.330 e. The van der Waals surface area contributed by atoms with Crippen molar-refractivity contribution in [2.75, 3.05) is 7.05 Å². The smallest absolute Gasteiger partial charge is 0.330 e. The van der Waals surface area contributed by atoms with Gasteiger partial charge in [0, 0.05) is 27.3 Å². The monoisotopic (exact) mass is 371 g/mol. The van der Waals surface area contributed by atoms with Crippen LogP contribution >= 0.6 is 27.3 Å². The number of hydrogen-bond donors (Lipinski definition) is 0. The predicted octanol–water partition coefficient (Wildman–Crippen LogP) is 1.18. The highest BCUT2D eigenvalue weighted by molar-refractivity contribution is 9.11. The van der Waals surface area contributed by atoms with Crippen molar-refractivity contribution in [3.8, 4) is 0 Å². The lowest BCUT2D eigenvalue weighted by Crippen LogP contribution is -2.40. The molecule has 0 saturated heterocycles. The quantitative estimate of drug-likeness (QED) is 0.813. The Morgan fingerprint density at radius 3 is 2.57 bits per heavy atom. The first-order valence-corrected chi connectivity index (χ1v) is 7.68. The summed E-state index contributed by atoms with van der Waals surface area (Å²) in [5.74, 6) is -0.165. The third-order valence-corrected chi connectivity index (χ3v) is 4.67. The van der Waals surface area contributed by atoms with Crippen LogP contribution in [0.4, 0.5) is 0 Å². The Hall–Kier alpha value is -1.67. The molecule has 21 heavy (non-hydrogen) atoms. The normalized spacial score (nSPS) is 10.7. The zero-order valence-corrected chi connectivity index (χ0v) is 14.2. The van der Waals surface area contributed by atoms with Gasteiger partial charge in [-0.25, -0.2) is 4.79 Å². The van der Waals surface area contributed by atoms with Crippen LogP contribution in [0.25, 0.3) is 0 Å². The molecular formula is C13H14BrN3O3S. The van der Waals surface area contributed by atoms with Gasteiger partial charge in [0.05, 0.1) is 20.8 Å². The molecule has 112 valence electrons. The minimum absolute atomic E-state index is 0.148. The van der Waals surface area contributed by atoms with Crippen LogP contribution in [0.1, 0.15) is 15.2 Å². The van der Waals surface area contributed by atoms with Crippen LogP contribution in [0.3, 0.4) is 0 Å². The van der Waals surface area contributed by atoms with Gasteiger partial charge in [-0.3, -0.25) is 14.2 Å². The number of carbonyl (C=O) groups excluding carboxylic acids is 1. The van der Waals surface area contributed by atoms with Crippen LogP contribution in [0.2, 0.25) is 0 Å². The Morgan fingerprint density at radius 1 is 1.33 bits per heavy atom. The molecule has 0 radical (unpaired) electrons. The molecule has 0 spiro atoms. The molecule has 1 amide bonds. The number of hydrogen-bond acceptors (Lipinski definition) is 4.